The Morgan fingerprint density at radius 3 is 2.21 bits per heavy atom. The summed E-state index contributed by atoms with van der Waals surface area (Å²) in [6.07, 6.45) is 12.9. The minimum absolute atomic E-state index is 0.0661. The highest BCUT2D eigenvalue weighted by molar-refractivity contribution is 6.04. The molecule has 63 heavy (non-hydrogen) atoms. The molecule has 17 heteroatoms. The zero-order valence-electron chi connectivity index (χ0n) is 38.1. The number of piperidine rings is 1. The summed E-state index contributed by atoms with van der Waals surface area (Å²) in [5, 5.41) is 9.36. The fourth-order valence-corrected chi connectivity index (χ4v) is 10.2. The maximum absolute atomic E-state index is 13.3. The first-order valence-electron chi connectivity index (χ1n) is 22.6. The van der Waals surface area contributed by atoms with Gasteiger partial charge in [0.2, 0.25) is 17.8 Å². The van der Waals surface area contributed by atoms with Gasteiger partial charge < -0.3 is 49.6 Å². The molecule has 4 heterocycles. The van der Waals surface area contributed by atoms with E-state index in [9.17, 15) is 14.4 Å². The molecule has 1 atom stereocenters. The Balaban J connectivity index is 0.761. The van der Waals surface area contributed by atoms with Crippen molar-refractivity contribution in [3.8, 4) is 5.75 Å². The molecule has 7 rings (SSSR count). The van der Waals surface area contributed by atoms with Crippen LogP contribution < -0.4 is 35.4 Å². The molecular weight excluding hydrogens is 805 g/mol. The van der Waals surface area contributed by atoms with Crippen LogP contribution in [0.15, 0.2) is 36.8 Å². The van der Waals surface area contributed by atoms with Crippen LogP contribution in [0.3, 0.4) is 0 Å². The maximum Gasteiger partial charge on any atom is 0.254 e. The summed E-state index contributed by atoms with van der Waals surface area (Å²) in [6.45, 7) is 14.8. The van der Waals surface area contributed by atoms with Crippen molar-refractivity contribution in [3.05, 3.63) is 47.9 Å². The predicted octanol–water partition coefficient (Wildman–Crippen LogP) is 5.53. The van der Waals surface area contributed by atoms with Crippen LogP contribution in [0.4, 0.5) is 29.1 Å². The lowest BCUT2D eigenvalue weighted by Crippen LogP contribution is -2.63. The highest BCUT2D eigenvalue weighted by Gasteiger charge is 2.53. The second-order valence-corrected chi connectivity index (χ2v) is 18.5. The molecule has 2 aliphatic heterocycles. The van der Waals surface area contributed by atoms with Gasteiger partial charge in [0.1, 0.15) is 17.5 Å². The second-order valence-electron chi connectivity index (χ2n) is 18.5. The molecule has 0 bridgehead atoms. The number of carbonyl (C=O) groups excluding carboxylic acids is 3. The average molecular weight is 871 g/mol. The number of amides is 3. The molecule has 3 amide bonds. The molecular formula is C46H66N10O7. The lowest BCUT2D eigenvalue weighted by molar-refractivity contribution is -0.120. The number of benzene rings is 1. The van der Waals surface area contributed by atoms with Gasteiger partial charge in [-0.25, -0.2) is 15.0 Å². The first-order chi connectivity index (χ1) is 30.3. The Morgan fingerprint density at radius 2 is 1.54 bits per heavy atom. The number of aromatic nitrogens is 4. The van der Waals surface area contributed by atoms with Gasteiger partial charge in [0, 0.05) is 56.7 Å². The van der Waals surface area contributed by atoms with Crippen molar-refractivity contribution in [1.82, 2.24) is 30.6 Å². The third-order valence-electron chi connectivity index (χ3n) is 13.0. The van der Waals surface area contributed by atoms with Crippen molar-refractivity contribution in [2.24, 2.45) is 10.8 Å². The zero-order chi connectivity index (χ0) is 44.7. The van der Waals surface area contributed by atoms with Crippen molar-refractivity contribution in [3.63, 3.8) is 0 Å². The van der Waals surface area contributed by atoms with Crippen molar-refractivity contribution in [1.29, 1.82) is 0 Å². The summed E-state index contributed by atoms with van der Waals surface area (Å²) in [7, 11) is 3.33. The van der Waals surface area contributed by atoms with E-state index >= 15 is 0 Å². The third kappa shape index (κ3) is 10.6. The van der Waals surface area contributed by atoms with Crippen LogP contribution in [0.5, 0.6) is 5.75 Å². The van der Waals surface area contributed by atoms with Crippen LogP contribution in [-0.2, 0) is 19.0 Å². The van der Waals surface area contributed by atoms with Crippen LogP contribution >= 0.6 is 0 Å². The van der Waals surface area contributed by atoms with Gasteiger partial charge in [0.25, 0.3) is 11.8 Å². The quantitative estimate of drug-likeness (QED) is 0.128. The smallest absolute Gasteiger partial charge is 0.254 e. The van der Waals surface area contributed by atoms with Crippen molar-refractivity contribution >= 4 is 46.8 Å². The van der Waals surface area contributed by atoms with Gasteiger partial charge >= 0.3 is 0 Å². The summed E-state index contributed by atoms with van der Waals surface area (Å²) in [4.78, 5) is 63.6. The van der Waals surface area contributed by atoms with Gasteiger partial charge in [0.05, 0.1) is 63.7 Å². The van der Waals surface area contributed by atoms with Crippen molar-refractivity contribution in [2.45, 2.75) is 110 Å². The Hall–Kier alpha value is -5.13. The zero-order valence-corrected chi connectivity index (χ0v) is 38.1. The number of hydrogen-bond acceptors (Lipinski definition) is 14. The Labute approximate surface area is 371 Å². The maximum atomic E-state index is 13.3. The van der Waals surface area contributed by atoms with Gasteiger partial charge in [0.15, 0.2) is 5.82 Å². The molecule has 2 aliphatic carbocycles. The van der Waals surface area contributed by atoms with E-state index in [4.69, 9.17) is 23.9 Å². The minimum atomic E-state index is -0.263. The molecule has 0 radical (unpaired) electrons. The highest BCUT2D eigenvalue weighted by atomic mass is 16.5. The van der Waals surface area contributed by atoms with Crippen molar-refractivity contribution in [2.75, 3.05) is 86.8 Å². The highest BCUT2D eigenvalue weighted by Crippen LogP contribution is 2.53. The fraction of sp³-hybridized carbons (Fsp3) is 0.630. The summed E-state index contributed by atoms with van der Waals surface area (Å²) in [5.74, 6) is 1.92. The second kappa shape index (κ2) is 20.1. The molecule has 17 nitrogen and oxygen atoms in total. The summed E-state index contributed by atoms with van der Waals surface area (Å²) >= 11 is 0. The molecule has 4 aliphatic rings. The lowest BCUT2D eigenvalue weighted by atomic mass is 9.52. The molecule has 0 unspecified atom stereocenters. The molecule has 3 N–H and O–H groups in total. The Bertz CT molecular complexity index is 2040. The topological polar surface area (TPSA) is 186 Å². The number of hydrogen-bond donors (Lipinski definition) is 3. The van der Waals surface area contributed by atoms with Gasteiger partial charge in [-0.2, -0.15) is 4.98 Å². The largest absolute Gasteiger partial charge is 0.495 e. The monoisotopic (exact) mass is 871 g/mol. The number of nitrogens with one attached hydrogen (secondary N) is 3. The van der Waals surface area contributed by atoms with E-state index in [0.717, 1.165) is 63.9 Å². The third-order valence-corrected chi connectivity index (χ3v) is 13.0. The van der Waals surface area contributed by atoms with E-state index in [2.05, 4.69) is 68.4 Å². The summed E-state index contributed by atoms with van der Waals surface area (Å²) < 4.78 is 23.1. The van der Waals surface area contributed by atoms with Crippen LogP contribution in [0, 0.1) is 10.8 Å². The Kier molecular flexibility index (Phi) is 14.7. The molecule has 1 saturated heterocycles. The molecule has 342 valence electrons. The van der Waals surface area contributed by atoms with Crippen molar-refractivity contribution < 1.29 is 33.3 Å². The fourth-order valence-electron chi connectivity index (χ4n) is 10.2. The van der Waals surface area contributed by atoms with E-state index in [1.54, 1.807) is 55.8 Å². The number of fused-ring (bicyclic) bond motifs is 1. The SMILES string of the molecule is CC[C@@H]1C(=O)N(C)c2cnc(Nc3ccc(C(=O)NCCOCCOCCOC4CCN(c5ncc(C(=O)NC6C(C)(C)CC6(C)C)cn5)CC4)cc3OC)nc2N1C1CCCC1. The molecule has 2 aromatic heterocycles. The first kappa shape index (κ1) is 45.9. The number of carbonyl (C=O) groups is 3. The van der Waals surface area contributed by atoms with Crippen LogP contribution in [0.2, 0.25) is 0 Å². The predicted molar refractivity (Wildman–Crippen MR) is 241 cm³/mol. The Morgan fingerprint density at radius 1 is 0.857 bits per heavy atom. The number of likely N-dealkylation sites (N-methyl/N-ethyl adjacent to an activating group) is 1. The van der Waals surface area contributed by atoms with Gasteiger partial charge in [-0.15, -0.1) is 0 Å². The summed E-state index contributed by atoms with van der Waals surface area (Å²) in [5.41, 5.74) is 2.38. The van der Waals surface area contributed by atoms with E-state index in [0.29, 0.717) is 86.1 Å². The number of anilines is 5. The summed E-state index contributed by atoms with van der Waals surface area (Å²) in [6, 6.07) is 5.28. The number of rotatable bonds is 19. The molecule has 2 saturated carbocycles. The molecule has 1 aromatic carbocycles. The van der Waals surface area contributed by atoms with Crippen LogP contribution in [-0.4, -0.2) is 129 Å². The number of nitrogens with zero attached hydrogens (tertiary/aromatic N) is 7. The van der Waals surface area contributed by atoms with E-state index < -0.39 is 0 Å². The first-order valence-corrected chi connectivity index (χ1v) is 22.6. The number of methoxy groups -OCH3 is 1. The molecule has 0 spiro atoms. The van der Waals surface area contributed by atoms with Gasteiger partial charge in [-0.3, -0.25) is 14.4 Å². The number of ether oxygens (including phenoxy) is 4. The van der Waals surface area contributed by atoms with E-state index in [1.807, 2.05) is 6.92 Å². The van der Waals surface area contributed by atoms with E-state index in [-0.39, 0.29) is 52.8 Å². The van der Waals surface area contributed by atoms with Gasteiger partial charge in [-0.05, 0) is 67.6 Å². The lowest BCUT2D eigenvalue weighted by Gasteiger charge is -2.57. The van der Waals surface area contributed by atoms with Gasteiger partial charge in [-0.1, -0.05) is 47.5 Å². The normalized spacial score (nSPS) is 20.0. The van der Waals surface area contributed by atoms with E-state index in [1.165, 1.54) is 0 Å². The molecule has 3 aromatic rings. The van der Waals surface area contributed by atoms with Crippen LogP contribution in [0.25, 0.3) is 0 Å². The van der Waals surface area contributed by atoms with Crippen LogP contribution in [0.1, 0.15) is 107 Å². The molecule has 3 fully saturated rings. The standard InChI is InChI=1S/C46H66N10O7/c1-8-35-41(59)54(6)36-28-48-43(52-38(36)56(35)32-11-9-10-12-32)51-34-14-13-30(25-37(34)60-7)39(57)47-17-20-61-21-22-62-23-24-63-33-15-18-55(19-16-33)44-49-26-31(27-50-44)40(58)53-42-45(2,3)29-46(42,4)5/h13-14,25-28,32-33,35,42H,8-12,15-24,29H2,1-7H3,(H,47,57)(H,53,58)(H,48,51,52)/t35-/m1/s1. The average Bonchev–Trinajstić information content (AvgIpc) is 3.82. The minimum Gasteiger partial charge on any atom is -0.495 e.